The minimum atomic E-state index is 0.113. The van der Waals surface area contributed by atoms with E-state index in [-0.39, 0.29) is 12.0 Å². The van der Waals surface area contributed by atoms with E-state index < -0.39 is 0 Å². The topological polar surface area (TPSA) is 41.6 Å². The molecule has 0 aromatic heterocycles. The maximum atomic E-state index is 11.8. The van der Waals surface area contributed by atoms with Crippen LogP contribution in [-0.2, 0) is 9.53 Å². The van der Waals surface area contributed by atoms with Crippen LogP contribution in [0.1, 0.15) is 26.2 Å². The highest BCUT2D eigenvalue weighted by molar-refractivity contribution is 5.78. The summed E-state index contributed by atoms with van der Waals surface area (Å²) in [5, 5.41) is 3.14. The zero-order valence-corrected chi connectivity index (χ0v) is 10.8. The summed E-state index contributed by atoms with van der Waals surface area (Å²) in [6.07, 6.45) is 5.39. The standard InChI is InChI=1S/C13H24N2O2/c1-3-9-17-12(2)10-14-11-13(16)15-7-5-4-6-8-15/h3,12,14H,1,4-11H2,2H3. The van der Waals surface area contributed by atoms with Gasteiger partial charge in [-0.15, -0.1) is 6.58 Å². The lowest BCUT2D eigenvalue weighted by Crippen LogP contribution is -2.42. The molecular weight excluding hydrogens is 216 g/mol. The molecule has 1 fully saturated rings. The molecule has 1 aliphatic heterocycles. The number of amides is 1. The Kier molecular flexibility index (Phi) is 6.89. The van der Waals surface area contributed by atoms with Crippen LogP contribution in [0.3, 0.4) is 0 Å². The van der Waals surface area contributed by atoms with Crippen LogP contribution in [0.15, 0.2) is 12.7 Å². The lowest BCUT2D eigenvalue weighted by molar-refractivity contribution is -0.131. The third-order valence-corrected chi connectivity index (χ3v) is 2.92. The van der Waals surface area contributed by atoms with Gasteiger partial charge in [-0.3, -0.25) is 4.79 Å². The molecule has 1 aliphatic rings. The largest absolute Gasteiger partial charge is 0.373 e. The summed E-state index contributed by atoms with van der Waals surface area (Å²) in [6.45, 7) is 9.10. The van der Waals surface area contributed by atoms with Gasteiger partial charge >= 0.3 is 0 Å². The zero-order chi connectivity index (χ0) is 12.5. The van der Waals surface area contributed by atoms with E-state index in [9.17, 15) is 4.79 Å². The predicted octanol–water partition coefficient (Wildman–Crippen LogP) is 1.18. The number of hydrogen-bond acceptors (Lipinski definition) is 3. The van der Waals surface area contributed by atoms with Crippen molar-refractivity contribution in [2.24, 2.45) is 0 Å². The number of rotatable bonds is 7. The summed E-state index contributed by atoms with van der Waals surface area (Å²) in [4.78, 5) is 13.8. The van der Waals surface area contributed by atoms with Gasteiger partial charge in [0.05, 0.1) is 19.3 Å². The Hall–Kier alpha value is -0.870. The Morgan fingerprint density at radius 1 is 1.47 bits per heavy atom. The SMILES string of the molecule is C=CCOC(C)CNCC(=O)N1CCCCC1. The zero-order valence-electron chi connectivity index (χ0n) is 10.8. The summed E-state index contributed by atoms with van der Waals surface area (Å²) >= 11 is 0. The third-order valence-electron chi connectivity index (χ3n) is 2.92. The fourth-order valence-corrected chi connectivity index (χ4v) is 1.93. The lowest BCUT2D eigenvalue weighted by Gasteiger charge is -2.27. The van der Waals surface area contributed by atoms with Crippen molar-refractivity contribution in [2.45, 2.75) is 32.3 Å². The smallest absolute Gasteiger partial charge is 0.236 e. The Balaban J connectivity index is 2.08. The molecule has 0 aromatic rings. The Labute approximate surface area is 104 Å². The van der Waals surface area contributed by atoms with Gasteiger partial charge in [-0.05, 0) is 26.2 Å². The monoisotopic (exact) mass is 240 g/mol. The van der Waals surface area contributed by atoms with Crippen molar-refractivity contribution in [3.8, 4) is 0 Å². The van der Waals surface area contributed by atoms with Crippen molar-refractivity contribution in [3.05, 3.63) is 12.7 Å². The summed E-state index contributed by atoms with van der Waals surface area (Å²) in [5.74, 6) is 0.209. The minimum Gasteiger partial charge on any atom is -0.373 e. The van der Waals surface area contributed by atoms with E-state index in [1.54, 1.807) is 6.08 Å². The predicted molar refractivity (Wildman–Crippen MR) is 68.9 cm³/mol. The molecule has 4 heteroatoms. The van der Waals surface area contributed by atoms with E-state index in [0.717, 1.165) is 25.9 Å². The van der Waals surface area contributed by atoms with E-state index in [2.05, 4.69) is 11.9 Å². The van der Waals surface area contributed by atoms with Crippen LogP contribution in [0, 0.1) is 0 Å². The quantitative estimate of drug-likeness (QED) is 0.679. The number of ether oxygens (including phenoxy) is 1. The normalized spacial score (nSPS) is 17.8. The maximum Gasteiger partial charge on any atom is 0.236 e. The molecule has 1 N–H and O–H groups in total. The Morgan fingerprint density at radius 2 is 2.18 bits per heavy atom. The van der Waals surface area contributed by atoms with Crippen LogP contribution in [-0.4, -0.2) is 49.7 Å². The highest BCUT2D eigenvalue weighted by Crippen LogP contribution is 2.08. The van der Waals surface area contributed by atoms with Crippen molar-refractivity contribution >= 4 is 5.91 Å². The minimum absolute atomic E-state index is 0.113. The number of carbonyl (C=O) groups excluding carboxylic acids is 1. The summed E-state index contributed by atoms with van der Waals surface area (Å²) in [5.41, 5.74) is 0. The number of hydrogen-bond donors (Lipinski definition) is 1. The van der Waals surface area contributed by atoms with E-state index in [1.807, 2.05) is 11.8 Å². The van der Waals surface area contributed by atoms with Crippen molar-refractivity contribution in [1.82, 2.24) is 10.2 Å². The molecule has 0 saturated carbocycles. The van der Waals surface area contributed by atoms with Gasteiger partial charge in [0.1, 0.15) is 0 Å². The van der Waals surface area contributed by atoms with Crippen LogP contribution >= 0.6 is 0 Å². The van der Waals surface area contributed by atoms with Gasteiger partial charge in [-0.1, -0.05) is 6.08 Å². The Morgan fingerprint density at radius 3 is 2.82 bits per heavy atom. The fourth-order valence-electron chi connectivity index (χ4n) is 1.93. The molecule has 98 valence electrons. The second-order valence-electron chi connectivity index (χ2n) is 4.50. The first kappa shape index (κ1) is 14.2. The second-order valence-corrected chi connectivity index (χ2v) is 4.50. The van der Waals surface area contributed by atoms with E-state index in [0.29, 0.717) is 19.7 Å². The highest BCUT2D eigenvalue weighted by Gasteiger charge is 2.15. The van der Waals surface area contributed by atoms with Crippen LogP contribution in [0.4, 0.5) is 0 Å². The van der Waals surface area contributed by atoms with Crippen molar-refractivity contribution in [3.63, 3.8) is 0 Å². The van der Waals surface area contributed by atoms with Gasteiger partial charge in [0.25, 0.3) is 0 Å². The second kappa shape index (κ2) is 8.25. The molecule has 0 aliphatic carbocycles. The fraction of sp³-hybridized carbons (Fsp3) is 0.769. The van der Waals surface area contributed by atoms with Gasteiger partial charge in [-0.2, -0.15) is 0 Å². The van der Waals surface area contributed by atoms with Crippen molar-refractivity contribution in [2.75, 3.05) is 32.8 Å². The van der Waals surface area contributed by atoms with E-state index in [4.69, 9.17) is 4.74 Å². The van der Waals surface area contributed by atoms with Crippen LogP contribution in [0.25, 0.3) is 0 Å². The first-order valence-corrected chi connectivity index (χ1v) is 6.45. The molecule has 0 radical (unpaired) electrons. The number of likely N-dealkylation sites (tertiary alicyclic amines) is 1. The molecule has 0 spiro atoms. The highest BCUT2D eigenvalue weighted by atomic mass is 16.5. The molecule has 0 aromatic carbocycles. The molecular formula is C13H24N2O2. The molecule has 1 heterocycles. The van der Waals surface area contributed by atoms with Gasteiger partial charge < -0.3 is 15.0 Å². The summed E-state index contributed by atoms with van der Waals surface area (Å²) in [7, 11) is 0. The molecule has 1 unspecified atom stereocenters. The van der Waals surface area contributed by atoms with Crippen molar-refractivity contribution in [1.29, 1.82) is 0 Å². The number of nitrogens with one attached hydrogen (secondary N) is 1. The van der Waals surface area contributed by atoms with Crippen LogP contribution in [0.5, 0.6) is 0 Å². The molecule has 17 heavy (non-hydrogen) atoms. The molecule has 0 bridgehead atoms. The van der Waals surface area contributed by atoms with E-state index >= 15 is 0 Å². The van der Waals surface area contributed by atoms with Gasteiger partial charge in [0, 0.05) is 19.6 Å². The lowest BCUT2D eigenvalue weighted by atomic mass is 10.1. The van der Waals surface area contributed by atoms with E-state index in [1.165, 1.54) is 6.42 Å². The van der Waals surface area contributed by atoms with Crippen molar-refractivity contribution < 1.29 is 9.53 Å². The molecule has 1 rings (SSSR count). The van der Waals surface area contributed by atoms with Gasteiger partial charge in [0.15, 0.2) is 0 Å². The van der Waals surface area contributed by atoms with Crippen LogP contribution < -0.4 is 5.32 Å². The molecule has 1 saturated heterocycles. The number of piperidine rings is 1. The molecule has 1 atom stereocenters. The van der Waals surface area contributed by atoms with Gasteiger partial charge in [-0.25, -0.2) is 0 Å². The average Bonchev–Trinajstić information content (AvgIpc) is 2.37. The van der Waals surface area contributed by atoms with Gasteiger partial charge in [0.2, 0.25) is 5.91 Å². The maximum absolute atomic E-state index is 11.8. The number of carbonyl (C=O) groups is 1. The molecule has 1 amide bonds. The average molecular weight is 240 g/mol. The third kappa shape index (κ3) is 5.84. The first-order valence-electron chi connectivity index (χ1n) is 6.45. The molecule has 4 nitrogen and oxygen atoms in total. The summed E-state index contributed by atoms with van der Waals surface area (Å²) < 4.78 is 5.41. The van der Waals surface area contributed by atoms with Crippen LogP contribution in [0.2, 0.25) is 0 Å². The summed E-state index contributed by atoms with van der Waals surface area (Å²) in [6, 6.07) is 0. The first-order chi connectivity index (χ1) is 8.24. The Bertz CT molecular complexity index is 238. The number of nitrogens with zero attached hydrogens (tertiary/aromatic N) is 1.